The third kappa shape index (κ3) is 5.94. The van der Waals surface area contributed by atoms with Crippen molar-refractivity contribution in [2.45, 2.75) is 39.3 Å². The van der Waals surface area contributed by atoms with Crippen LogP contribution in [0.25, 0.3) is 5.69 Å². The van der Waals surface area contributed by atoms with Crippen molar-refractivity contribution in [2.24, 2.45) is 0 Å². The van der Waals surface area contributed by atoms with Gasteiger partial charge in [0.15, 0.2) is 11.5 Å². The molecular weight excluding hydrogens is 464 g/mol. The molecule has 1 aliphatic heterocycles. The zero-order chi connectivity index (χ0) is 25.6. The first-order valence-electron chi connectivity index (χ1n) is 12.8. The van der Waals surface area contributed by atoms with Crippen LogP contribution in [-0.4, -0.2) is 47.2 Å². The number of ether oxygens (including phenoxy) is 3. The molecule has 0 unspecified atom stereocenters. The number of methoxy groups -OCH3 is 2. The lowest BCUT2D eigenvalue weighted by atomic mass is 9.98. The summed E-state index contributed by atoms with van der Waals surface area (Å²) in [6.07, 6.45) is 4.96. The summed E-state index contributed by atoms with van der Waals surface area (Å²) in [5.74, 6) is 2.45. The van der Waals surface area contributed by atoms with E-state index in [1.54, 1.807) is 18.9 Å². The van der Waals surface area contributed by atoms with Crippen molar-refractivity contribution in [3.63, 3.8) is 0 Å². The van der Waals surface area contributed by atoms with Crippen molar-refractivity contribution in [3.8, 4) is 22.9 Å². The summed E-state index contributed by atoms with van der Waals surface area (Å²) in [6.45, 7) is 5.52. The second kappa shape index (κ2) is 11.5. The summed E-state index contributed by atoms with van der Waals surface area (Å²) in [6, 6.07) is 21.0. The molecule has 192 valence electrons. The van der Waals surface area contributed by atoms with E-state index in [9.17, 15) is 0 Å². The lowest BCUT2D eigenvalue weighted by Crippen LogP contribution is -2.32. The molecule has 7 nitrogen and oxygen atoms in total. The Bertz CT molecular complexity index is 1320. The average molecular weight is 499 g/mol. The summed E-state index contributed by atoms with van der Waals surface area (Å²) >= 11 is 0. The van der Waals surface area contributed by atoms with Gasteiger partial charge in [0.1, 0.15) is 18.1 Å². The predicted molar refractivity (Wildman–Crippen MR) is 144 cm³/mol. The van der Waals surface area contributed by atoms with Gasteiger partial charge < -0.3 is 14.2 Å². The Labute approximate surface area is 218 Å². The number of nitrogens with zero attached hydrogens (tertiary/aromatic N) is 4. The van der Waals surface area contributed by atoms with Crippen LogP contribution in [0.15, 0.2) is 66.9 Å². The van der Waals surface area contributed by atoms with Crippen LogP contribution in [0.5, 0.6) is 17.2 Å². The lowest BCUT2D eigenvalue weighted by molar-refractivity contribution is 0.255. The van der Waals surface area contributed by atoms with E-state index in [1.165, 1.54) is 22.3 Å². The SMILES string of the molecule is CCc1ccc(OCc2cn(-c3ccc(CCN4CCc5cc(OC)c(OC)cc5C4)cc3)nn2)cc1. The summed E-state index contributed by atoms with van der Waals surface area (Å²) in [4.78, 5) is 2.50. The van der Waals surface area contributed by atoms with E-state index < -0.39 is 0 Å². The van der Waals surface area contributed by atoms with Gasteiger partial charge in [0, 0.05) is 19.6 Å². The molecule has 4 aromatic rings. The van der Waals surface area contributed by atoms with Gasteiger partial charge in [0.05, 0.1) is 26.1 Å². The van der Waals surface area contributed by atoms with Crippen molar-refractivity contribution >= 4 is 0 Å². The van der Waals surface area contributed by atoms with E-state index in [2.05, 4.69) is 70.7 Å². The monoisotopic (exact) mass is 498 g/mol. The van der Waals surface area contributed by atoms with Crippen molar-refractivity contribution in [1.82, 2.24) is 19.9 Å². The number of benzene rings is 3. The molecule has 0 N–H and O–H groups in total. The fraction of sp³-hybridized carbons (Fsp3) is 0.333. The second-order valence-corrected chi connectivity index (χ2v) is 9.36. The first kappa shape index (κ1) is 24.8. The fourth-order valence-electron chi connectivity index (χ4n) is 4.70. The van der Waals surface area contributed by atoms with Gasteiger partial charge in [-0.3, -0.25) is 4.90 Å². The highest BCUT2D eigenvalue weighted by molar-refractivity contribution is 5.48. The van der Waals surface area contributed by atoms with E-state index in [0.29, 0.717) is 6.61 Å². The Balaban J connectivity index is 1.14. The van der Waals surface area contributed by atoms with Gasteiger partial charge in [-0.1, -0.05) is 36.4 Å². The Morgan fingerprint density at radius 2 is 1.57 bits per heavy atom. The van der Waals surface area contributed by atoms with Crippen LogP contribution in [-0.2, 0) is 32.4 Å². The highest BCUT2D eigenvalue weighted by Gasteiger charge is 2.19. The summed E-state index contributed by atoms with van der Waals surface area (Å²) in [5, 5.41) is 8.55. The molecular formula is C30H34N4O3. The largest absolute Gasteiger partial charge is 0.493 e. The standard InChI is InChI=1S/C30H34N4O3/c1-4-22-7-11-28(12-8-22)37-21-26-20-34(32-31-26)27-9-5-23(6-10-27)13-15-33-16-14-24-17-29(35-2)30(36-3)18-25(24)19-33/h5-12,17-18,20H,4,13-16,19,21H2,1-3H3. The van der Waals surface area contributed by atoms with Crippen LogP contribution in [0.3, 0.4) is 0 Å². The van der Waals surface area contributed by atoms with Crippen LogP contribution in [0.4, 0.5) is 0 Å². The van der Waals surface area contributed by atoms with E-state index in [0.717, 1.165) is 67.5 Å². The van der Waals surface area contributed by atoms with Gasteiger partial charge in [-0.15, -0.1) is 5.10 Å². The molecule has 0 saturated carbocycles. The van der Waals surface area contributed by atoms with Gasteiger partial charge in [0.25, 0.3) is 0 Å². The molecule has 0 amide bonds. The Morgan fingerprint density at radius 1 is 0.865 bits per heavy atom. The van der Waals surface area contributed by atoms with E-state index in [1.807, 2.05) is 18.3 Å². The van der Waals surface area contributed by atoms with Crippen molar-refractivity contribution < 1.29 is 14.2 Å². The zero-order valence-corrected chi connectivity index (χ0v) is 21.8. The molecule has 1 aromatic heterocycles. The molecule has 7 heteroatoms. The molecule has 0 fully saturated rings. The minimum absolute atomic E-state index is 0.390. The Hall–Kier alpha value is -3.84. The number of hydrogen-bond acceptors (Lipinski definition) is 6. The van der Waals surface area contributed by atoms with E-state index >= 15 is 0 Å². The minimum atomic E-state index is 0.390. The predicted octanol–water partition coefficient (Wildman–Crippen LogP) is 5.03. The average Bonchev–Trinajstić information content (AvgIpc) is 3.43. The first-order chi connectivity index (χ1) is 18.1. The molecule has 0 radical (unpaired) electrons. The van der Waals surface area contributed by atoms with Crippen LogP contribution < -0.4 is 14.2 Å². The molecule has 0 spiro atoms. The Kier molecular flexibility index (Phi) is 7.70. The molecule has 1 aliphatic rings. The van der Waals surface area contributed by atoms with Crippen LogP contribution >= 0.6 is 0 Å². The maximum absolute atomic E-state index is 5.86. The van der Waals surface area contributed by atoms with Crippen LogP contribution in [0, 0.1) is 0 Å². The molecule has 0 aliphatic carbocycles. The van der Waals surface area contributed by atoms with Gasteiger partial charge in [0.2, 0.25) is 0 Å². The summed E-state index contributed by atoms with van der Waals surface area (Å²) < 4.78 is 18.6. The number of rotatable bonds is 10. The number of aryl methyl sites for hydroxylation is 1. The smallest absolute Gasteiger partial charge is 0.161 e. The van der Waals surface area contributed by atoms with Gasteiger partial charge in [-0.25, -0.2) is 4.68 Å². The first-order valence-corrected chi connectivity index (χ1v) is 12.8. The van der Waals surface area contributed by atoms with Gasteiger partial charge >= 0.3 is 0 Å². The number of hydrogen-bond donors (Lipinski definition) is 0. The van der Waals surface area contributed by atoms with Crippen molar-refractivity contribution in [1.29, 1.82) is 0 Å². The fourth-order valence-corrected chi connectivity index (χ4v) is 4.70. The molecule has 37 heavy (non-hydrogen) atoms. The number of fused-ring (bicyclic) bond motifs is 1. The van der Waals surface area contributed by atoms with Crippen molar-refractivity contribution in [2.75, 3.05) is 27.3 Å². The molecule has 0 saturated heterocycles. The molecule has 0 atom stereocenters. The molecule has 5 rings (SSSR count). The third-order valence-electron chi connectivity index (χ3n) is 6.97. The molecule has 0 bridgehead atoms. The molecule has 2 heterocycles. The topological polar surface area (TPSA) is 61.6 Å². The zero-order valence-electron chi connectivity index (χ0n) is 21.8. The quantitative estimate of drug-likeness (QED) is 0.306. The van der Waals surface area contributed by atoms with Crippen LogP contribution in [0.1, 0.15) is 34.9 Å². The van der Waals surface area contributed by atoms with Gasteiger partial charge in [-0.2, -0.15) is 0 Å². The maximum Gasteiger partial charge on any atom is 0.161 e. The second-order valence-electron chi connectivity index (χ2n) is 9.36. The lowest BCUT2D eigenvalue weighted by Gasteiger charge is -2.29. The highest BCUT2D eigenvalue weighted by atomic mass is 16.5. The summed E-state index contributed by atoms with van der Waals surface area (Å²) in [5.41, 5.74) is 7.06. The highest BCUT2D eigenvalue weighted by Crippen LogP contribution is 2.33. The van der Waals surface area contributed by atoms with Gasteiger partial charge in [-0.05, 0) is 77.9 Å². The van der Waals surface area contributed by atoms with E-state index in [4.69, 9.17) is 14.2 Å². The normalized spacial score (nSPS) is 13.3. The minimum Gasteiger partial charge on any atom is -0.493 e. The van der Waals surface area contributed by atoms with Crippen LogP contribution in [0.2, 0.25) is 0 Å². The maximum atomic E-state index is 5.86. The molecule has 3 aromatic carbocycles. The Morgan fingerprint density at radius 3 is 2.27 bits per heavy atom. The van der Waals surface area contributed by atoms with E-state index in [-0.39, 0.29) is 0 Å². The number of aromatic nitrogens is 3. The summed E-state index contributed by atoms with van der Waals surface area (Å²) in [7, 11) is 3.38. The van der Waals surface area contributed by atoms with Crippen molar-refractivity contribution in [3.05, 3.63) is 94.8 Å². The third-order valence-corrected chi connectivity index (χ3v) is 6.97.